The molecule has 0 saturated heterocycles. The van der Waals surface area contributed by atoms with E-state index in [2.05, 4.69) is 32.1 Å². The van der Waals surface area contributed by atoms with E-state index in [1.807, 2.05) is 12.1 Å². The van der Waals surface area contributed by atoms with Crippen LogP contribution in [0, 0.1) is 0 Å². The average molecular weight is 473 g/mol. The van der Waals surface area contributed by atoms with Crippen molar-refractivity contribution < 1.29 is 4.74 Å². The Labute approximate surface area is 212 Å². The number of ether oxygens (including phenoxy) is 1. The number of hydrogen-bond donors (Lipinski definition) is 2. The molecule has 1 aromatic rings. The molecule has 0 heterocycles. The summed E-state index contributed by atoms with van der Waals surface area (Å²) < 4.78 is 6.13. The lowest BCUT2D eigenvalue weighted by molar-refractivity contribution is 0.185. The van der Waals surface area contributed by atoms with E-state index in [1.165, 1.54) is 102 Å². The lowest BCUT2D eigenvalue weighted by Crippen LogP contribution is -2.27. The van der Waals surface area contributed by atoms with Gasteiger partial charge in [0.25, 0.3) is 0 Å². The minimum atomic E-state index is -0.0868. The SMILES string of the molecule is CCC/C=C(/OCCCCCCCCCCCCCCCCCC)C(N)Cc1ccc(N)cc1. The lowest BCUT2D eigenvalue weighted by atomic mass is 10.0. The average Bonchev–Trinajstić information content (AvgIpc) is 2.84. The molecule has 4 N–H and O–H groups in total. The highest BCUT2D eigenvalue weighted by Crippen LogP contribution is 2.16. The summed E-state index contributed by atoms with van der Waals surface area (Å²) in [5, 5.41) is 0. The molecule has 34 heavy (non-hydrogen) atoms. The van der Waals surface area contributed by atoms with Crippen molar-refractivity contribution in [2.24, 2.45) is 5.73 Å². The van der Waals surface area contributed by atoms with Gasteiger partial charge >= 0.3 is 0 Å². The van der Waals surface area contributed by atoms with Crippen molar-refractivity contribution in [3.63, 3.8) is 0 Å². The van der Waals surface area contributed by atoms with E-state index in [-0.39, 0.29) is 6.04 Å². The molecule has 0 radical (unpaired) electrons. The molecule has 0 aliphatic rings. The van der Waals surface area contributed by atoms with Crippen molar-refractivity contribution >= 4 is 5.69 Å². The molecule has 0 saturated carbocycles. The highest BCUT2D eigenvalue weighted by Gasteiger charge is 2.12. The van der Waals surface area contributed by atoms with Crippen LogP contribution in [0.15, 0.2) is 36.1 Å². The highest BCUT2D eigenvalue weighted by atomic mass is 16.5. The van der Waals surface area contributed by atoms with Crippen LogP contribution in [0.1, 0.15) is 135 Å². The molecule has 0 aromatic heterocycles. The summed E-state index contributed by atoms with van der Waals surface area (Å²) in [4.78, 5) is 0. The number of hydrogen-bond acceptors (Lipinski definition) is 3. The Balaban J connectivity index is 2.01. The second-order valence-electron chi connectivity index (χ2n) is 10.1. The van der Waals surface area contributed by atoms with E-state index in [9.17, 15) is 0 Å². The molecule has 0 bridgehead atoms. The second-order valence-corrected chi connectivity index (χ2v) is 10.1. The van der Waals surface area contributed by atoms with Crippen molar-refractivity contribution in [3.05, 3.63) is 41.7 Å². The largest absolute Gasteiger partial charge is 0.497 e. The van der Waals surface area contributed by atoms with Gasteiger partial charge in [0.1, 0.15) is 5.76 Å². The van der Waals surface area contributed by atoms with E-state index >= 15 is 0 Å². The number of anilines is 1. The molecule has 0 aliphatic carbocycles. The van der Waals surface area contributed by atoms with Gasteiger partial charge in [0.2, 0.25) is 0 Å². The fourth-order valence-corrected chi connectivity index (χ4v) is 4.45. The molecule has 0 aliphatic heterocycles. The number of rotatable bonds is 23. The van der Waals surface area contributed by atoms with Gasteiger partial charge in [0.05, 0.1) is 12.6 Å². The van der Waals surface area contributed by atoms with Crippen molar-refractivity contribution in [1.29, 1.82) is 0 Å². The Morgan fingerprint density at radius 3 is 1.65 bits per heavy atom. The predicted octanol–water partition coefficient (Wildman–Crippen LogP) is 9.10. The third kappa shape index (κ3) is 17.0. The summed E-state index contributed by atoms with van der Waals surface area (Å²) in [7, 11) is 0. The van der Waals surface area contributed by atoms with E-state index in [0.29, 0.717) is 0 Å². The maximum Gasteiger partial charge on any atom is 0.109 e. The smallest absolute Gasteiger partial charge is 0.109 e. The fourth-order valence-electron chi connectivity index (χ4n) is 4.45. The van der Waals surface area contributed by atoms with E-state index in [0.717, 1.165) is 43.7 Å². The van der Waals surface area contributed by atoms with Crippen LogP contribution in [0.4, 0.5) is 5.69 Å². The van der Waals surface area contributed by atoms with Gasteiger partial charge in [-0.25, -0.2) is 0 Å². The van der Waals surface area contributed by atoms with Gasteiger partial charge in [-0.05, 0) is 43.0 Å². The van der Waals surface area contributed by atoms with Crippen molar-refractivity contribution in [2.45, 2.75) is 142 Å². The van der Waals surface area contributed by atoms with Crippen LogP contribution < -0.4 is 11.5 Å². The third-order valence-corrected chi connectivity index (χ3v) is 6.70. The lowest BCUT2D eigenvalue weighted by Gasteiger charge is -2.18. The highest BCUT2D eigenvalue weighted by molar-refractivity contribution is 5.39. The molecule has 0 amide bonds. The molecule has 196 valence electrons. The predicted molar refractivity (Wildman–Crippen MR) is 151 cm³/mol. The van der Waals surface area contributed by atoms with Crippen LogP contribution >= 0.6 is 0 Å². The second kappa shape index (κ2) is 22.0. The summed E-state index contributed by atoms with van der Waals surface area (Å²) in [6.45, 7) is 5.26. The molecule has 1 aromatic carbocycles. The maximum atomic E-state index is 6.48. The molecule has 1 atom stereocenters. The van der Waals surface area contributed by atoms with E-state index in [4.69, 9.17) is 16.2 Å². The Morgan fingerprint density at radius 2 is 1.18 bits per heavy atom. The van der Waals surface area contributed by atoms with Crippen LogP contribution in [0.3, 0.4) is 0 Å². The fraction of sp³-hybridized carbons (Fsp3) is 0.742. The molecule has 1 rings (SSSR count). The van der Waals surface area contributed by atoms with Gasteiger partial charge in [-0.1, -0.05) is 129 Å². The first-order valence-corrected chi connectivity index (χ1v) is 14.6. The third-order valence-electron chi connectivity index (χ3n) is 6.70. The molecule has 1 unspecified atom stereocenters. The van der Waals surface area contributed by atoms with Gasteiger partial charge in [0.15, 0.2) is 0 Å². The van der Waals surface area contributed by atoms with Crippen molar-refractivity contribution in [2.75, 3.05) is 12.3 Å². The minimum absolute atomic E-state index is 0.0868. The van der Waals surface area contributed by atoms with Crippen LogP contribution in [0.5, 0.6) is 0 Å². The van der Waals surface area contributed by atoms with Crippen LogP contribution in [0.25, 0.3) is 0 Å². The maximum absolute atomic E-state index is 6.48. The van der Waals surface area contributed by atoms with Gasteiger partial charge < -0.3 is 16.2 Å². The molecule has 0 spiro atoms. The summed E-state index contributed by atoms with van der Waals surface area (Å²) in [6.07, 6.45) is 27.3. The van der Waals surface area contributed by atoms with Crippen LogP contribution in [0.2, 0.25) is 0 Å². The number of nitrogen functional groups attached to an aromatic ring is 1. The molecule has 3 nitrogen and oxygen atoms in total. The number of benzene rings is 1. The zero-order valence-electron chi connectivity index (χ0n) is 22.7. The van der Waals surface area contributed by atoms with Crippen LogP contribution in [-0.2, 0) is 11.2 Å². The number of unbranched alkanes of at least 4 members (excludes halogenated alkanes) is 16. The first-order valence-electron chi connectivity index (χ1n) is 14.6. The Kier molecular flexibility index (Phi) is 19.8. The monoisotopic (exact) mass is 472 g/mol. The normalized spacial score (nSPS) is 12.7. The zero-order valence-corrected chi connectivity index (χ0v) is 22.7. The van der Waals surface area contributed by atoms with E-state index < -0.39 is 0 Å². The van der Waals surface area contributed by atoms with Crippen molar-refractivity contribution in [3.8, 4) is 0 Å². The van der Waals surface area contributed by atoms with Crippen molar-refractivity contribution in [1.82, 2.24) is 0 Å². The summed E-state index contributed by atoms with van der Waals surface area (Å²) in [5.74, 6) is 0.958. The van der Waals surface area contributed by atoms with Gasteiger partial charge in [0, 0.05) is 5.69 Å². The minimum Gasteiger partial charge on any atom is -0.497 e. The zero-order chi connectivity index (χ0) is 24.7. The summed E-state index contributed by atoms with van der Waals surface area (Å²) >= 11 is 0. The first kappa shape index (κ1) is 30.6. The summed E-state index contributed by atoms with van der Waals surface area (Å²) in [5.41, 5.74) is 14.3. The standard InChI is InChI=1S/C31H56N2O/c1-3-5-7-8-9-10-11-12-13-14-15-16-17-18-19-20-26-34-31(21-6-4-2)30(33)27-28-22-24-29(32)25-23-28/h21-25,30H,3-20,26-27,32-33H2,1-2H3/b31-21+. The summed E-state index contributed by atoms with van der Waals surface area (Å²) in [6, 6.07) is 7.91. The van der Waals surface area contributed by atoms with E-state index in [1.54, 1.807) is 0 Å². The topological polar surface area (TPSA) is 61.3 Å². The Bertz CT molecular complexity index is 596. The van der Waals surface area contributed by atoms with Gasteiger partial charge in [-0.2, -0.15) is 0 Å². The molecular weight excluding hydrogens is 416 g/mol. The van der Waals surface area contributed by atoms with Gasteiger partial charge in [-0.15, -0.1) is 0 Å². The quantitative estimate of drug-likeness (QED) is 0.0948. The first-order chi connectivity index (χ1) is 16.7. The van der Waals surface area contributed by atoms with Gasteiger partial charge in [-0.3, -0.25) is 0 Å². The molecule has 3 heteroatoms. The Hall–Kier alpha value is -1.48. The molecular formula is C31H56N2O. The van der Waals surface area contributed by atoms with Crippen LogP contribution in [-0.4, -0.2) is 12.6 Å². The number of allylic oxidation sites excluding steroid dienone is 1. The number of nitrogens with two attached hydrogens (primary N) is 2. The Morgan fingerprint density at radius 1 is 0.706 bits per heavy atom. The molecule has 0 fully saturated rings.